The quantitative estimate of drug-likeness (QED) is 0.512. The number of carbonyl (C=O) groups excluding carboxylic acids is 1. The van der Waals surface area contributed by atoms with Gasteiger partial charge in [0.1, 0.15) is 6.29 Å². The Morgan fingerprint density at radius 3 is 3.23 bits per heavy atom. The molecular weight excluding hydrogens is 188 g/mol. The van der Waals surface area contributed by atoms with Gasteiger partial charge in [0.15, 0.2) is 5.29 Å². The lowest BCUT2D eigenvalue weighted by molar-refractivity contribution is -0.118. The maximum Gasteiger partial charge on any atom is 0.191 e. The number of aliphatic imine (C=N–C) groups is 1. The molecule has 72 valence electrons. The van der Waals surface area contributed by atoms with Gasteiger partial charge in [0, 0.05) is 6.04 Å². The minimum Gasteiger partial charge on any atom is -0.357 e. The van der Waals surface area contributed by atoms with Gasteiger partial charge in [-0.1, -0.05) is 12.8 Å². The number of fused-ring (bicyclic) bond motifs is 1. The summed E-state index contributed by atoms with van der Waals surface area (Å²) in [4.78, 5) is 15.2. The predicted molar refractivity (Wildman–Crippen MR) is 52.0 cm³/mol. The second-order valence-electron chi connectivity index (χ2n) is 3.90. The summed E-state index contributed by atoms with van der Waals surface area (Å²) in [6.07, 6.45) is 5.35. The Hall–Kier alpha value is -0.570. The van der Waals surface area contributed by atoms with Crippen LogP contribution in [0.5, 0.6) is 0 Å². The molecule has 2 aliphatic rings. The molecule has 13 heavy (non-hydrogen) atoms. The average molecular weight is 201 g/mol. The molecule has 2 rings (SSSR count). The molecule has 1 heterocycles. The van der Waals surface area contributed by atoms with Crippen LogP contribution in [0.25, 0.3) is 0 Å². The van der Waals surface area contributed by atoms with Crippen molar-refractivity contribution in [2.45, 2.75) is 31.7 Å². The van der Waals surface area contributed by atoms with Crippen LogP contribution in [0.15, 0.2) is 4.99 Å². The molecule has 0 aromatic rings. The minimum absolute atomic E-state index is 0.212. The van der Waals surface area contributed by atoms with Crippen LogP contribution in [0, 0.1) is 5.41 Å². The number of nitrogens with one attached hydrogen (secondary N) is 1. The average Bonchev–Trinajstić information content (AvgIpc) is 2.18. The molecular formula is C9H13ClN2O. The van der Waals surface area contributed by atoms with Crippen LogP contribution in [0.4, 0.5) is 0 Å². The number of carbonyl (C=O) groups is 1. The van der Waals surface area contributed by atoms with Crippen LogP contribution in [0.1, 0.15) is 25.7 Å². The molecule has 1 N–H and O–H groups in total. The minimum atomic E-state index is -0.267. The summed E-state index contributed by atoms with van der Waals surface area (Å²) in [5.41, 5.74) is -0.267. The molecule has 2 atom stereocenters. The number of nitrogens with zero attached hydrogens (tertiary/aromatic N) is 1. The normalized spacial score (nSPS) is 38.5. The van der Waals surface area contributed by atoms with Crippen molar-refractivity contribution >= 4 is 23.2 Å². The zero-order chi connectivity index (χ0) is 9.31. The van der Waals surface area contributed by atoms with Crippen molar-refractivity contribution in [3.05, 3.63) is 0 Å². The fourth-order valence-electron chi connectivity index (χ4n) is 2.25. The summed E-state index contributed by atoms with van der Waals surface area (Å²) in [5, 5.41) is 3.56. The molecule has 0 spiro atoms. The maximum atomic E-state index is 11.1. The monoisotopic (exact) mass is 200 g/mol. The summed E-state index contributed by atoms with van der Waals surface area (Å²) >= 11 is 5.78. The van der Waals surface area contributed by atoms with Gasteiger partial charge in [-0.25, -0.2) is 0 Å². The van der Waals surface area contributed by atoms with Crippen molar-refractivity contribution in [1.82, 2.24) is 5.32 Å². The van der Waals surface area contributed by atoms with Gasteiger partial charge in [0.05, 0.1) is 12.0 Å². The van der Waals surface area contributed by atoms with E-state index >= 15 is 0 Å². The summed E-state index contributed by atoms with van der Waals surface area (Å²) in [5.74, 6) is 0. The van der Waals surface area contributed by atoms with Gasteiger partial charge in [0.2, 0.25) is 0 Å². The lowest BCUT2D eigenvalue weighted by Crippen LogP contribution is -2.54. The van der Waals surface area contributed by atoms with E-state index in [1.54, 1.807) is 0 Å². The lowest BCUT2D eigenvalue weighted by Gasteiger charge is -2.42. The van der Waals surface area contributed by atoms with Gasteiger partial charge in [-0.15, -0.1) is 0 Å². The third-order valence-corrected chi connectivity index (χ3v) is 3.35. The molecule has 3 nitrogen and oxygen atoms in total. The van der Waals surface area contributed by atoms with Crippen LogP contribution >= 0.6 is 11.6 Å². The van der Waals surface area contributed by atoms with E-state index in [9.17, 15) is 4.79 Å². The first-order valence-corrected chi connectivity index (χ1v) is 5.07. The molecule has 0 radical (unpaired) electrons. The van der Waals surface area contributed by atoms with Gasteiger partial charge in [0.25, 0.3) is 0 Å². The lowest BCUT2D eigenvalue weighted by atomic mass is 9.71. The largest absolute Gasteiger partial charge is 0.357 e. The number of hydrogen-bond donors (Lipinski definition) is 1. The molecule has 1 aliphatic heterocycles. The van der Waals surface area contributed by atoms with Crippen LogP contribution in [-0.2, 0) is 4.79 Å². The Balaban J connectivity index is 2.24. The Labute approximate surface area is 82.6 Å². The van der Waals surface area contributed by atoms with E-state index in [-0.39, 0.29) is 11.5 Å². The van der Waals surface area contributed by atoms with Crippen molar-refractivity contribution in [3.8, 4) is 0 Å². The van der Waals surface area contributed by atoms with Gasteiger partial charge >= 0.3 is 0 Å². The zero-order valence-electron chi connectivity index (χ0n) is 7.42. The van der Waals surface area contributed by atoms with Gasteiger partial charge in [-0.05, 0) is 24.4 Å². The van der Waals surface area contributed by atoms with Crippen molar-refractivity contribution in [2.24, 2.45) is 10.4 Å². The third kappa shape index (κ3) is 1.46. The Morgan fingerprint density at radius 1 is 1.62 bits per heavy atom. The van der Waals surface area contributed by atoms with E-state index in [4.69, 9.17) is 11.6 Å². The Kier molecular flexibility index (Phi) is 2.28. The zero-order valence-corrected chi connectivity index (χ0v) is 8.18. The SMILES string of the molecule is O=CC12CCCCC1NC(Cl)=NC2. The highest BCUT2D eigenvalue weighted by atomic mass is 35.5. The van der Waals surface area contributed by atoms with E-state index in [0.29, 0.717) is 11.8 Å². The third-order valence-electron chi connectivity index (χ3n) is 3.12. The number of aldehydes is 1. The molecule has 1 fully saturated rings. The highest BCUT2D eigenvalue weighted by Gasteiger charge is 2.43. The second-order valence-corrected chi connectivity index (χ2v) is 4.26. The topological polar surface area (TPSA) is 41.5 Å². The van der Waals surface area contributed by atoms with E-state index in [1.165, 1.54) is 6.42 Å². The number of rotatable bonds is 1. The number of amidine groups is 1. The van der Waals surface area contributed by atoms with Gasteiger partial charge < -0.3 is 10.1 Å². The maximum absolute atomic E-state index is 11.1. The highest BCUT2D eigenvalue weighted by molar-refractivity contribution is 6.64. The fourth-order valence-corrected chi connectivity index (χ4v) is 2.45. The molecule has 0 saturated heterocycles. The van der Waals surface area contributed by atoms with E-state index in [1.807, 2.05) is 0 Å². The summed E-state index contributed by atoms with van der Waals surface area (Å²) < 4.78 is 0. The molecule has 0 aromatic carbocycles. The van der Waals surface area contributed by atoms with Crippen LogP contribution in [-0.4, -0.2) is 24.2 Å². The van der Waals surface area contributed by atoms with Crippen LogP contribution in [0.2, 0.25) is 0 Å². The first-order valence-electron chi connectivity index (χ1n) is 4.70. The first-order chi connectivity index (χ1) is 6.27. The van der Waals surface area contributed by atoms with Crippen molar-refractivity contribution < 1.29 is 4.79 Å². The predicted octanol–water partition coefficient (Wildman–Crippen LogP) is 1.31. The number of hydrogen-bond acceptors (Lipinski definition) is 3. The smallest absolute Gasteiger partial charge is 0.191 e. The Morgan fingerprint density at radius 2 is 2.46 bits per heavy atom. The van der Waals surface area contributed by atoms with Crippen molar-refractivity contribution in [2.75, 3.05) is 6.54 Å². The fraction of sp³-hybridized carbons (Fsp3) is 0.778. The van der Waals surface area contributed by atoms with E-state index in [2.05, 4.69) is 10.3 Å². The molecule has 0 bridgehead atoms. The molecule has 0 aromatic heterocycles. The van der Waals surface area contributed by atoms with Crippen molar-refractivity contribution in [3.63, 3.8) is 0 Å². The van der Waals surface area contributed by atoms with Gasteiger partial charge in [-0.3, -0.25) is 4.99 Å². The molecule has 1 aliphatic carbocycles. The van der Waals surface area contributed by atoms with Crippen LogP contribution in [0.3, 0.4) is 0 Å². The molecule has 1 saturated carbocycles. The summed E-state index contributed by atoms with van der Waals surface area (Å²) in [6, 6.07) is 0.212. The van der Waals surface area contributed by atoms with E-state index < -0.39 is 0 Å². The highest BCUT2D eigenvalue weighted by Crippen LogP contribution is 2.36. The standard InChI is InChI=1S/C9H13ClN2O/c10-8-11-5-9(6-13)4-2-1-3-7(9)12-8/h6-7H,1-5H2,(H,11,12). The summed E-state index contributed by atoms with van der Waals surface area (Å²) in [6.45, 7) is 0.562. The molecule has 0 amide bonds. The molecule has 2 unspecified atom stereocenters. The summed E-state index contributed by atoms with van der Waals surface area (Å²) in [7, 11) is 0. The first kappa shape index (κ1) is 9.00. The van der Waals surface area contributed by atoms with Crippen LogP contribution < -0.4 is 5.32 Å². The van der Waals surface area contributed by atoms with Gasteiger partial charge in [-0.2, -0.15) is 0 Å². The van der Waals surface area contributed by atoms with E-state index in [0.717, 1.165) is 25.5 Å². The van der Waals surface area contributed by atoms with Crippen molar-refractivity contribution in [1.29, 1.82) is 0 Å². The second kappa shape index (κ2) is 3.29. The Bertz CT molecular complexity index is 254. The number of halogens is 1. The molecule has 4 heteroatoms.